The van der Waals surface area contributed by atoms with Crippen molar-refractivity contribution in [3.63, 3.8) is 0 Å². The molecule has 4 N–H and O–H groups in total. The smallest absolute Gasteiger partial charge is 0.369 e. The lowest BCUT2D eigenvalue weighted by atomic mass is 9.97. The summed E-state index contributed by atoms with van der Waals surface area (Å²) in [5.74, 6) is -3.65. The fourth-order valence-electron chi connectivity index (χ4n) is 10.3. The Morgan fingerprint density at radius 2 is 0.955 bits per heavy atom. The molecule has 0 saturated carbocycles. The molecule has 2 atom stereocenters. The second-order valence-corrected chi connectivity index (χ2v) is 17.8. The molecule has 10 rings (SSSR count). The Labute approximate surface area is 383 Å². The zero-order chi connectivity index (χ0) is 45.0. The number of aromatic amines is 2. The third-order valence-electron chi connectivity index (χ3n) is 13.8. The number of H-pyrrole nitrogens is 2. The van der Waals surface area contributed by atoms with E-state index in [-0.39, 0.29) is 24.9 Å². The topological polar surface area (TPSA) is 162 Å². The van der Waals surface area contributed by atoms with E-state index in [1.807, 2.05) is 58.6 Å². The number of amides is 2. The lowest BCUT2D eigenvalue weighted by molar-refractivity contribution is -0.179. The van der Waals surface area contributed by atoms with E-state index in [0.717, 1.165) is 101 Å². The van der Waals surface area contributed by atoms with Crippen LogP contribution in [0.3, 0.4) is 0 Å². The summed E-state index contributed by atoms with van der Waals surface area (Å²) in [5.41, 5.74) is 13.2. The van der Waals surface area contributed by atoms with Crippen LogP contribution in [-0.4, -0.2) is 135 Å². The van der Waals surface area contributed by atoms with Crippen molar-refractivity contribution in [1.29, 1.82) is 0 Å². The average molecular weight is 893 g/mol. The first-order valence-electron chi connectivity index (χ1n) is 23.1. The standard InChI is InChI=1S/C50H56N10O6/c61-47(33-59-31-37(41-5-1-3-7-45(41)59)15-19-55-21-25-57(26-22-55)39-9-11-43-35(29-39)13-17-51-43)53-65-49(63)50(64)66-54-48(62)34-60-32-38(42-6-2-4-8-46(42)60)16-20-56-23-27-58(28-24-56)40-10-12-44-36(30-40)14-18-52-44/h1-14,17-18,29-30,37-38,51-52H,15-16,19-28,31-34H2,(H,53,61)(H,54,62). The first-order chi connectivity index (χ1) is 32.3. The minimum atomic E-state index is -1.46. The summed E-state index contributed by atoms with van der Waals surface area (Å²) >= 11 is 0. The molecule has 4 aliphatic rings. The number of fused-ring (bicyclic) bond motifs is 4. The van der Waals surface area contributed by atoms with Gasteiger partial charge >= 0.3 is 11.9 Å². The molecule has 2 fully saturated rings. The zero-order valence-corrected chi connectivity index (χ0v) is 37.0. The van der Waals surface area contributed by atoms with E-state index in [1.54, 1.807) is 0 Å². The third-order valence-corrected chi connectivity index (χ3v) is 13.8. The second-order valence-electron chi connectivity index (χ2n) is 17.8. The highest BCUT2D eigenvalue weighted by molar-refractivity contribution is 6.29. The molecule has 2 aromatic heterocycles. The Bertz CT molecular complexity index is 2520. The first-order valence-corrected chi connectivity index (χ1v) is 23.1. The Balaban J connectivity index is 0.630. The predicted octanol–water partition coefficient (Wildman–Crippen LogP) is 4.73. The van der Waals surface area contributed by atoms with Gasteiger partial charge in [0.1, 0.15) is 0 Å². The molecule has 4 aromatic carbocycles. The Kier molecular flexibility index (Phi) is 12.5. The number of hydrogen-bond acceptors (Lipinski definition) is 12. The van der Waals surface area contributed by atoms with Gasteiger partial charge in [0.25, 0.3) is 11.8 Å². The summed E-state index contributed by atoms with van der Waals surface area (Å²) in [6, 6.07) is 33.5. The number of carbonyl (C=O) groups is 4. The third kappa shape index (κ3) is 9.51. The molecule has 6 aromatic rings. The summed E-state index contributed by atoms with van der Waals surface area (Å²) in [5, 5.41) is 2.44. The number of aromatic nitrogens is 2. The average Bonchev–Trinajstić information content (AvgIpc) is 4.17. The Morgan fingerprint density at radius 1 is 0.530 bits per heavy atom. The Hall–Kier alpha value is -7.04. The molecule has 0 spiro atoms. The predicted molar refractivity (Wildman–Crippen MR) is 254 cm³/mol. The largest absolute Gasteiger partial charge is 0.443 e. The van der Waals surface area contributed by atoms with Crippen LogP contribution in [0.1, 0.15) is 35.8 Å². The van der Waals surface area contributed by atoms with Gasteiger partial charge in [-0.15, -0.1) is 0 Å². The van der Waals surface area contributed by atoms with Crippen molar-refractivity contribution in [3.8, 4) is 0 Å². The van der Waals surface area contributed by atoms with Crippen LogP contribution in [0.25, 0.3) is 21.8 Å². The fourth-order valence-corrected chi connectivity index (χ4v) is 10.3. The van der Waals surface area contributed by atoms with E-state index in [9.17, 15) is 19.2 Å². The number of rotatable bonds is 12. The van der Waals surface area contributed by atoms with Gasteiger partial charge in [0.05, 0.1) is 13.1 Å². The van der Waals surface area contributed by atoms with E-state index < -0.39 is 23.8 Å². The van der Waals surface area contributed by atoms with Gasteiger partial charge in [0, 0.05) is 134 Å². The number of piperazine rings is 2. The van der Waals surface area contributed by atoms with Crippen molar-refractivity contribution in [2.75, 3.05) is 111 Å². The van der Waals surface area contributed by atoms with Crippen LogP contribution >= 0.6 is 0 Å². The zero-order valence-electron chi connectivity index (χ0n) is 37.0. The van der Waals surface area contributed by atoms with E-state index in [0.29, 0.717) is 13.1 Å². The summed E-state index contributed by atoms with van der Waals surface area (Å²) in [6.07, 6.45) is 5.82. The summed E-state index contributed by atoms with van der Waals surface area (Å²) in [4.78, 5) is 80.9. The minimum absolute atomic E-state index is 0.0717. The van der Waals surface area contributed by atoms with Gasteiger partial charge in [-0.1, -0.05) is 36.4 Å². The molecule has 2 saturated heterocycles. The maximum atomic E-state index is 13.0. The molecule has 66 heavy (non-hydrogen) atoms. The highest BCUT2D eigenvalue weighted by Gasteiger charge is 2.33. The number of benzene rings is 4. The van der Waals surface area contributed by atoms with Gasteiger partial charge in [-0.3, -0.25) is 19.4 Å². The molecular weight excluding hydrogens is 837 g/mol. The second kappa shape index (κ2) is 19.2. The van der Waals surface area contributed by atoms with Gasteiger partial charge in [-0.05, 0) is 97.7 Å². The molecule has 2 unspecified atom stereocenters. The lowest BCUT2D eigenvalue weighted by Gasteiger charge is -2.36. The van der Waals surface area contributed by atoms with Gasteiger partial charge < -0.3 is 39.2 Å². The summed E-state index contributed by atoms with van der Waals surface area (Å²) in [7, 11) is 0. The number of carbonyl (C=O) groups excluding carboxylic acids is 4. The number of hydroxylamine groups is 2. The van der Waals surface area contributed by atoms with Crippen molar-refractivity contribution in [1.82, 2.24) is 30.7 Å². The quantitative estimate of drug-likeness (QED) is 0.0990. The van der Waals surface area contributed by atoms with Crippen molar-refractivity contribution >= 4 is 68.3 Å². The van der Waals surface area contributed by atoms with Crippen LogP contribution in [0.5, 0.6) is 0 Å². The molecule has 0 aliphatic carbocycles. The van der Waals surface area contributed by atoms with E-state index >= 15 is 0 Å². The lowest BCUT2D eigenvalue weighted by Crippen LogP contribution is -2.47. The summed E-state index contributed by atoms with van der Waals surface area (Å²) in [6.45, 7) is 10.8. The Morgan fingerprint density at radius 3 is 1.39 bits per heavy atom. The van der Waals surface area contributed by atoms with Crippen LogP contribution < -0.4 is 30.6 Å². The van der Waals surface area contributed by atoms with Crippen molar-refractivity contribution in [2.45, 2.75) is 24.7 Å². The van der Waals surface area contributed by atoms with Gasteiger partial charge in [-0.2, -0.15) is 11.0 Å². The van der Waals surface area contributed by atoms with Crippen LogP contribution in [-0.2, 0) is 28.9 Å². The van der Waals surface area contributed by atoms with Crippen LogP contribution in [0.2, 0.25) is 0 Å². The van der Waals surface area contributed by atoms with Crippen LogP contribution in [0.4, 0.5) is 22.7 Å². The first kappa shape index (κ1) is 42.9. The van der Waals surface area contributed by atoms with Crippen LogP contribution in [0, 0.1) is 0 Å². The van der Waals surface area contributed by atoms with Crippen molar-refractivity contribution in [3.05, 3.63) is 121 Å². The molecule has 16 heteroatoms. The fraction of sp³-hybridized carbons (Fsp3) is 0.360. The molecule has 0 radical (unpaired) electrons. The van der Waals surface area contributed by atoms with E-state index in [4.69, 9.17) is 9.68 Å². The maximum Gasteiger partial charge on any atom is 0.443 e. The highest BCUT2D eigenvalue weighted by Crippen LogP contribution is 2.39. The number of nitrogens with zero attached hydrogens (tertiary/aromatic N) is 6. The summed E-state index contributed by atoms with van der Waals surface area (Å²) < 4.78 is 0. The molecule has 0 bridgehead atoms. The van der Waals surface area contributed by atoms with Crippen molar-refractivity contribution < 1.29 is 28.9 Å². The molecule has 6 heterocycles. The molecular formula is C50H56N10O6. The van der Waals surface area contributed by atoms with Crippen molar-refractivity contribution in [2.24, 2.45) is 0 Å². The van der Waals surface area contributed by atoms with E-state index in [2.05, 4.69) is 101 Å². The number of anilines is 4. The number of para-hydroxylation sites is 2. The minimum Gasteiger partial charge on any atom is -0.369 e. The number of hydrogen-bond donors (Lipinski definition) is 4. The molecule has 16 nitrogen and oxygen atoms in total. The van der Waals surface area contributed by atoms with Crippen LogP contribution in [0.15, 0.2) is 109 Å². The maximum absolute atomic E-state index is 13.0. The van der Waals surface area contributed by atoms with E-state index in [1.165, 1.54) is 33.3 Å². The van der Waals surface area contributed by atoms with Gasteiger partial charge in [0.2, 0.25) is 0 Å². The molecule has 2 amide bonds. The molecule has 342 valence electrons. The number of nitrogens with one attached hydrogen (secondary N) is 4. The molecule has 4 aliphatic heterocycles. The normalized spacial score (nSPS) is 18.7. The van der Waals surface area contributed by atoms with Gasteiger partial charge in [0.15, 0.2) is 0 Å². The van der Waals surface area contributed by atoms with Gasteiger partial charge in [-0.25, -0.2) is 9.59 Å². The monoisotopic (exact) mass is 892 g/mol. The SMILES string of the molecule is O=C(CN1CC(CCN2CCN(c3ccc4[nH]ccc4c3)CC2)c2ccccc21)NOC(=O)C(=O)ONC(=O)CN1CC(CCN2CCN(c3ccc4[nH]ccc4c3)CC2)c2ccccc21. The highest BCUT2D eigenvalue weighted by atomic mass is 16.7.